The molecule has 0 saturated heterocycles. The second kappa shape index (κ2) is 8.98. The van der Waals surface area contributed by atoms with E-state index in [1.165, 1.54) is 0 Å². The van der Waals surface area contributed by atoms with Crippen molar-refractivity contribution in [1.82, 2.24) is 9.80 Å². The number of nitrogens with one attached hydrogen (secondary N) is 1. The number of benzene rings is 1. The fraction of sp³-hybridized carbons (Fsp3) is 0.467. The van der Waals surface area contributed by atoms with Crippen LogP contribution in [-0.4, -0.2) is 54.8 Å². The lowest BCUT2D eigenvalue weighted by Crippen LogP contribution is -2.41. The van der Waals surface area contributed by atoms with Gasteiger partial charge in [-0.05, 0) is 39.1 Å². The first-order chi connectivity index (χ1) is 10.4. The van der Waals surface area contributed by atoms with Gasteiger partial charge in [0, 0.05) is 18.1 Å². The number of rotatable bonds is 7. The molecule has 0 atom stereocenters. The lowest BCUT2D eigenvalue weighted by atomic mass is 10.3. The molecular formula is C15H21Cl2N3O2. The first kappa shape index (κ1) is 18.7. The number of hydrogen-bond donors (Lipinski definition) is 1. The van der Waals surface area contributed by atoms with Gasteiger partial charge in [0.25, 0.3) is 0 Å². The molecule has 122 valence electrons. The van der Waals surface area contributed by atoms with Gasteiger partial charge in [-0.3, -0.25) is 14.5 Å². The molecule has 1 N–H and O–H groups in total. The average Bonchev–Trinajstić information content (AvgIpc) is 2.43. The summed E-state index contributed by atoms with van der Waals surface area (Å²) in [6.07, 6.45) is 0. The highest BCUT2D eigenvalue weighted by Gasteiger charge is 2.15. The van der Waals surface area contributed by atoms with Gasteiger partial charge in [-0.15, -0.1) is 0 Å². The van der Waals surface area contributed by atoms with E-state index < -0.39 is 0 Å². The van der Waals surface area contributed by atoms with Crippen LogP contribution in [0.1, 0.15) is 13.8 Å². The van der Waals surface area contributed by atoms with E-state index in [2.05, 4.69) is 5.32 Å². The predicted octanol–water partition coefficient (Wildman–Crippen LogP) is 2.73. The zero-order valence-electron chi connectivity index (χ0n) is 13.0. The van der Waals surface area contributed by atoms with Gasteiger partial charge in [-0.25, -0.2) is 0 Å². The first-order valence-corrected chi connectivity index (χ1v) is 7.84. The number of carbonyl (C=O) groups excluding carboxylic acids is 2. The van der Waals surface area contributed by atoms with Crippen LogP contribution >= 0.6 is 23.2 Å². The van der Waals surface area contributed by atoms with E-state index in [4.69, 9.17) is 23.2 Å². The lowest BCUT2D eigenvalue weighted by Gasteiger charge is -2.22. The van der Waals surface area contributed by atoms with Gasteiger partial charge in [-0.1, -0.05) is 23.2 Å². The Morgan fingerprint density at radius 1 is 1.14 bits per heavy atom. The summed E-state index contributed by atoms with van der Waals surface area (Å²) < 4.78 is 0. The number of carbonyl (C=O) groups is 2. The van der Waals surface area contributed by atoms with Crippen LogP contribution in [0.25, 0.3) is 0 Å². The Labute approximate surface area is 141 Å². The lowest BCUT2D eigenvalue weighted by molar-refractivity contribution is -0.132. The minimum absolute atomic E-state index is 0.00447. The Kier molecular flexibility index (Phi) is 7.65. The summed E-state index contributed by atoms with van der Waals surface area (Å²) in [7, 11) is 1.73. The highest BCUT2D eigenvalue weighted by atomic mass is 35.5. The van der Waals surface area contributed by atoms with E-state index in [1.807, 2.05) is 13.8 Å². The van der Waals surface area contributed by atoms with Crippen LogP contribution in [0.2, 0.25) is 10.0 Å². The Balaban J connectivity index is 2.52. The third-order valence-electron chi connectivity index (χ3n) is 3.14. The van der Waals surface area contributed by atoms with E-state index in [-0.39, 0.29) is 24.9 Å². The zero-order chi connectivity index (χ0) is 16.7. The molecule has 0 bridgehead atoms. The molecule has 1 aromatic rings. The summed E-state index contributed by atoms with van der Waals surface area (Å²) in [6, 6.07) is 4.85. The molecule has 1 rings (SSSR count). The topological polar surface area (TPSA) is 52.7 Å². The van der Waals surface area contributed by atoms with Crippen molar-refractivity contribution in [3.05, 3.63) is 28.2 Å². The second-order valence-electron chi connectivity index (χ2n) is 4.91. The molecule has 0 aliphatic carbocycles. The van der Waals surface area contributed by atoms with E-state index in [0.29, 0.717) is 28.8 Å². The maximum atomic E-state index is 12.0. The molecule has 0 heterocycles. The molecule has 0 radical (unpaired) electrons. The van der Waals surface area contributed by atoms with Crippen LogP contribution < -0.4 is 5.32 Å². The number of hydrogen-bond acceptors (Lipinski definition) is 3. The second-order valence-corrected chi connectivity index (χ2v) is 5.75. The summed E-state index contributed by atoms with van der Waals surface area (Å²) in [4.78, 5) is 27.3. The monoisotopic (exact) mass is 345 g/mol. The first-order valence-electron chi connectivity index (χ1n) is 7.08. The summed E-state index contributed by atoms with van der Waals surface area (Å²) in [6.45, 7) is 5.48. The number of halogens is 2. The molecule has 0 unspecified atom stereocenters. The third-order valence-corrected chi connectivity index (χ3v) is 3.69. The molecule has 22 heavy (non-hydrogen) atoms. The predicted molar refractivity (Wildman–Crippen MR) is 90.5 cm³/mol. The van der Waals surface area contributed by atoms with Gasteiger partial charge in [0.1, 0.15) is 0 Å². The third kappa shape index (κ3) is 5.83. The number of likely N-dealkylation sites (N-methyl/N-ethyl adjacent to an activating group) is 2. The normalized spacial score (nSPS) is 10.6. The standard InChI is InChI=1S/C15H21Cl2N3O2/c1-4-20(5-2)15(22)10-19(3)9-14(21)18-13-7-6-11(16)8-12(13)17/h6-8H,4-5,9-10H2,1-3H3,(H,18,21). The van der Waals surface area contributed by atoms with Crippen LogP contribution in [-0.2, 0) is 9.59 Å². The van der Waals surface area contributed by atoms with Crippen molar-refractivity contribution < 1.29 is 9.59 Å². The smallest absolute Gasteiger partial charge is 0.238 e. The highest BCUT2D eigenvalue weighted by molar-refractivity contribution is 6.36. The summed E-state index contributed by atoms with van der Waals surface area (Å²) in [5, 5.41) is 3.58. The van der Waals surface area contributed by atoms with Gasteiger partial charge in [0.05, 0.1) is 23.8 Å². The molecule has 0 aliphatic heterocycles. The van der Waals surface area contributed by atoms with Crippen LogP contribution in [0.3, 0.4) is 0 Å². The van der Waals surface area contributed by atoms with Crippen LogP contribution in [0.5, 0.6) is 0 Å². The summed E-state index contributed by atoms with van der Waals surface area (Å²) in [5.41, 5.74) is 0.500. The quantitative estimate of drug-likeness (QED) is 0.826. The molecule has 7 heteroatoms. The van der Waals surface area contributed by atoms with Crippen molar-refractivity contribution in [1.29, 1.82) is 0 Å². The van der Waals surface area contributed by atoms with Crippen molar-refractivity contribution >= 4 is 40.7 Å². The Bertz CT molecular complexity index is 534. The average molecular weight is 346 g/mol. The van der Waals surface area contributed by atoms with Crippen molar-refractivity contribution in [2.24, 2.45) is 0 Å². The minimum atomic E-state index is -0.237. The Morgan fingerprint density at radius 3 is 2.32 bits per heavy atom. The van der Waals surface area contributed by atoms with E-state index in [1.54, 1.807) is 35.0 Å². The van der Waals surface area contributed by atoms with Crippen molar-refractivity contribution in [2.45, 2.75) is 13.8 Å². The maximum Gasteiger partial charge on any atom is 0.238 e. The van der Waals surface area contributed by atoms with Crippen LogP contribution in [0, 0.1) is 0 Å². The van der Waals surface area contributed by atoms with Gasteiger partial charge >= 0.3 is 0 Å². The van der Waals surface area contributed by atoms with Crippen LogP contribution in [0.15, 0.2) is 18.2 Å². The Morgan fingerprint density at radius 2 is 1.77 bits per heavy atom. The SMILES string of the molecule is CCN(CC)C(=O)CN(C)CC(=O)Nc1ccc(Cl)cc1Cl. The number of anilines is 1. The van der Waals surface area contributed by atoms with Gasteiger partial charge < -0.3 is 10.2 Å². The largest absolute Gasteiger partial charge is 0.342 e. The molecule has 0 aliphatic rings. The van der Waals surface area contributed by atoms with Crippen LogP contribution in [0.4, 0.5) is 5.69 Å². The Hall–Kier alpha value is -1.30. The van der Waals surface area contributed by atoms with Crippen molar-refractivity contribution in [3.8, 4) is 0 Å². The zero-order valence-corrected chi connectivity index (χ0v) is 14.5. The molecule has 1 aromatic carbocycles. The molecule has 0 spiro atoms. The van der Waals surface area contributed by atoms with E-state index in [9.17, 15) is 9.59 Å². The fourth-order valence-corrected chi connectivity index (χ4v) is 2.44. The van der Waals surface area contributed by atoms with E-state index in [0.717, 1.165) is 0 Å². The molecule has 0 saturated carbocycles. The van der Waals surface area contributed by atoms with Gasteiger partial charge in [0.2, 0.25) is 11.8 Å². The molecule has 2 amide bonds. The summed E-state index contributed by atoms with van der Waals surface area (Å²) >= 11 is 11.8. The fourth-order valence-electron chi connectivity index (χ4n) is 1.99. The maximum absolute atomic E-state index is 12.0. The molecule has 5 nitrogen and oxygen atoms in total. The molecule has 0 aromatic heterocycles. The van der Waals surface area contributed by atoms with E-state index >= 15 is 0 Å². The number of amides is 2. The molecule has 0 fully saturated rings. The van der Waals surface area contributed by atoms with Gasteiger partial charge in [0.15, 0.2) is 0 Å². The number of nitrogens with zero attached hydrogens (tertiary/aromatic N) is 2. The summed E-state index contributed by atoms with van der Waals surface area (Å²) in [5.74, 6) is -0.233. The molecular weight excluding hydrogens is 325 g/mol. The van der Waals surface area contributed by atoms with Crippen molar-refractivity contribution in [3.63, 3.8) is 0 Å². The van der Waals surface area contributed by atoms with Gasteiger partial charge in [-0.2, -0.15) is 0 Å². The highest BCUT2D eigenvalue weighted by Crippen LogP contribution is 2.25. The minimum Gasteiger partial charge on any atom is -0.342 e. The van der Waals surface area contributed by atoms with Crippen molar-refractivity contribution in [2.75, 3.05) is 38.5 Å².